The minimum absolute atomic E-state index is 0.194. The van der Waals surface area contributed by atoms with Crippen molar-refractivity contribution in [3.8, 4) is 11.3 Å². The number of anilines is 2. The fourth-order valence-corrected chi connectivity index (χ4v) is 4.31. The van der Waals surface area contributed by atoms with Crippen molar-refractivity contribution in [1.29, 1.82) is 0 Å². The normalized spacial score (nSPS) is 11.5. The lowest BCUT2D eigenvalue weighted by molar-refractivity contribution is 0.0145. The maximum absolute atomic E-state index is 12.6. The molecular weight excluding hydrogens is 592 g/mol. The zero-order chi connectivity index (χ0) is 32.8. The number of aryl methyl sites for hydroxylation is 1. The van der Waals surface area contributed by atoms with Crippen molar-refractivity contribution in [2.24, 2.45) is 0 Å². The van der Waals surface area contributed by atoms with E-state index in [1.54, 1.807) is 12.1 Å². The number of ether oxygens (including phenoxy) is 4. The maximum Gasteiger partial charge on any atom is 0.407 e. The zero-order valence-electron chi connectivity index (χ0n) is 26.9. The second kappa shape index (κ2) is 17.2. The standard InChI is InChI=1S/C32H44N8O6/c1-5-14-40-22-24(21-36-40)27-26-10-11-33-28(26)39-30(38-27)37-25-8-6-23(7-9-25)29(41)34-12-15-43-17-19-45-20-18-44-16-13-35-31(42)46-32(2,3)4/h6-11,21-22H,5,12-20H2,1-4H3,(H,34,41)(H,35,42)(H2,33,37,38,39). The van der Waals surface area contributed by atoms with Gasteiger partial charge < -0.3 is 39.9 Å². The molecule has 3 heterocycles. The summed E-state index contributed by atoms with van der Waals surface area (Å²) in [5, 5.41) is 14.1. The van der Waals surface area contributed by atoms with Gasteiger partial charge in [-0.2, -0.15) is 10.1 Å². The number of alkyl carbamates (subject to hydrolysis) is 1. The summed E-state index contributed by atoms with van der Waals surface area (Å²) in [6, 6.07) is 9.06. The van der Waals surface area contributed by atoms with Gasteiger partial charge in [0.2, 0.25) is 5.95 Å². The van der Waals surface area contributed by atoms with E-state index in [1.807, 2.05) is 62.2 Å². The van der Waals surface area contributed by atoms with Gasteiger partial charge in [0, 0.05) is 54.2 Å². The third-order valence-corrected chi connectivity index (χ3v) is 6.37. The van der Waals surface area contributed by atoms with Crippen molar-refractivity contribution in [1.82, 2.24) is 35.4 Å². The van der Waals surface area contributed by atoms with Crippen LogP contribution in [0.2, 0.25) is 0 Å². The van der Waals surface area contributed by atoms with Crippen molar-refractivity contribution in [3.05, 3.63) is 54.5 Å². The van der Waals surface area contributed by atoms with Gasteiger partial charge in [0.1, 0.15) is 11.2 Å². The first-order valence-corrected chi connectivity index (χ1v) is 15.4. The number of nitrogens with zero attached hydrogens (tertiary/aromatic N) is 4. The lowest BCUT2D eigenvalue weighted by Gasteiger charge is -2.19. The van der Waals surface area contributed by atoms with Gasteiger partial charge >= 0.3 is 6.09 Å². The maximum atomic E-state index is 12.6. The topological polar surface area (TPSA) is 167 Å². The van der Waals surface area contributed by atoms with E-state index in [0.29, 0.717) is 64.2 Å². The largest absolute Gasteiger partial charge is 0.444 e. The van der Waals surface area contributed by atoms with Crippen LogP contribution in [-0.2, 0) is 25.5 Å². The summed E-state index contributed by atoms with van der Waals surface area (Å²) in [6.07, 6.45) is 6.17. The highest BCUT2D eigenvalue weighted by atomic mass is 16.6. The van der Waals surface area contributed by atoms with Gasteiger partial charge in [-0.05, 0) is 57.5 Å². The number of carbonyl (C=O) groups excluding carboxylic acids is 2. The van der Waals surface area contributed by atoms with E-state index in [9.17, 15) is 9.59 Å². The summed E-state index contributed by atoms with van der Waals surface area (Å²) < 4.78 is 23.4. The zero-order valence-corrected chi connectivity index (χ0v) is 26.9. The van der Waals surface area contributed by atoms with Crippen LogP contribution >= 0.6 is 0 Å². The Labute approximate surface area is 268 Å². The number of aromatic nitrogens is 5. The van der Waals surface area contributed by atoms with Gasteiger partial charge in [-0.1, -0.05) is 6.92 Å². The minimum Gasteiger partial charge on any atom is -0.444 e. The van der Waals surface area contributed by atoms with Gasteiger partial charge in [0.05, 0.1) is 51.5 Å². The van der Waals surface area contributed by atoms with Crippen LogP contribution in [0.5, 0.6) is 0 Å². The molecule has 4 N–H and O–H groups in total. The second-order valence-electron chi connectivity index (χ2n) is 11.4. The summed E-state index contributed by atoms with van der Waals surface area (Å²) in [6.45, 7) is 11.5. The average molecular weight is 637 g/mol. The summed E-state index contributed by atoms with van der Waals surface area (Å²) >= 11 is 0. The molecule has 0 saturated carbocycles. The Kier molecular flexibility index (Phi) is 12.9. The quantitative estimate of drug-likeness (QED) is 0.116. The molecule has 14 nitrogen and oxygen atoms in total. The van der Waals surface area contributed by atoms with E-state index in [0.717, 1.165) is 40.9 Å². The van der Waals surface area contributed by atoms with Crippen molar-refractivity contribution in [2.75, 3.05) is 58.0 Å². The molecular formula is C32H44N8O6. The van der Waals surface area contributed by atoms with Gasteiger partial charge in [0.25, 0.3) is 5.91 Å². The highest BCUT2D eigenvalue weighted by Gasteiger charge is 2.16. The molecule has 14 heteroatoms. The predicted octanol–water partition coefficient (Wildman–Crippen LogP) is 4.28. The van der Waals surface area contributed by atoms with Gasteiger partial charge in [-0.3, -0.25) is 9.48 Å². The van der Waals surface area contributed by atoms with Crippen LogP contribution in [0.3, 0.4) is 0 Å². The molecule has 0 fully saturated rings. The van der Waals surface area contributed by atoms with E-state index >= 15 is 0 Å². The Balaban J connectivity index is 1.10. The fourth-order valence-electron chi connectivity index (χ4n) is 4.31. The molecule has 4 aromatic rings. The number of rotatable bonds is 18. The molecule has 248 valence electrons. The van der Waals surface area contributed by atoms with Crippen LogP contribution in [0.25, 0.3) is 22.3 Å². The molecule has 0 saturated heterocycles. The first kappa shape index (κ1) is 34.3. The van der Waals surface area contributed by atoms with Crippen molar-refractivity contribution >= 4 is 34.7 Å². The van der Waals surface area contributed by atoms with Crippen LogP contribution < -0.4 is 16.0 Å². The van der Waals surface area contributed by atoms with E-state index in [4.69, 9.17) is 23.9 Å². The molecule has 0 aliphatic rings. The average Bonchev–Trinajstić information content (AvgIpc) is 3.69. The number of hydrogen-bond donors (Lipinski definition) is 4. The van der Waals surface area contributed by atoms with E-state index in [2.05, 4.69) is 37.9 Å². The Hall–Kier alpha value is -4.53. The third-order valence-electron chi connectivity index (χ3n) is 6.37. The summed E-state index contributed by atoms with van der Waals surface area (Å²) in [5.74, 6) is 0.242. The number of carbonyl (C=O) groups is 2. The second-order valence-corrected chi connectivity index (χ2v) is 11.4. The first-order chi connectivity index (χ1) is 22.2. The van der Waals surface area contributed by atoms with Crippen LogP contribution in [0, 0.1) is 0 Å². The minimum atomic E-state index is -0.527. The van der Waals surface area contributed by atoms with Gasteiger partial charge in [0.15, 0.2) is 0 Å². The molecule has 0 spiro atoms. The molecule has 0 aliphatic carbocycles. The molecule has 0 aliphatic heterocycles. The number of amides is 2. The third kappa shape index (κ3) is 11.1. The summed E-state index contributed by atoms with van der Waals surface area (Å²) in [4.78, 5) is 36.6. The Morgan fingerprint density at radius 2 is 1.57 bits per heavy atom. The Morgan fingerprint density at radius 3 is 2.24 bits per heavy atom. The first-order valence-electron chi connectivity index (χ1n) is 15.4. The molecule has 1 aromatic carbocycles. The summed E-state index contributed by atoms with van der Waals surface area (Å²) in [7, 11) is 0. The van der Waals surface area contributed by atoms with Gasteiger partial charge in [-0.25, -0.2) is 9.78 Å². The highest BCUT2D eigenvalue weighted by Crippen LogP contribution is 2.27. The van der Waals surface area contributed by atoms with Crippen LogP contribution in [0.1, 0.15) is 44.5 Å². The molecule has 4 rings (SSSR count). The van der Waals surface area contributed by atoms with Crippen LogP contribution in [0.4, 0.5) is 16.4 Å². The number of hydrogen-bond acceptors (Lipinski definition) is 10. The highest BCUT2D eigenvalue weighted by molar-refractivity contribution is 5.94. The van der Waals surface area contributed by atoms with E-state index < -0.39 is 11.7 Å². The predicted molar refractivity (Wildman–Crippen MR) is 174 cm³/mol. The van der Waals surface area contributed by atoms with Crippen molar-refractivity contribution < 1.29 is 28.5 Å². The SMILES string of the molecule is CCCn1cc(-c2nc(Nc3ccc(C(=O)NCCOCCOCCOCCNC(=O)OC(C)(C)C)cc3)nc3[nH]ccc23)cn1. The number of benzene rings is 1. The Bertz CT molecular complexity index is 1530. The number of aromatic amines is 1. The number of H-pyrrole nitrogens is 1. The molecule has 0 atom stereocenters. The number of nitrogens with one attached hydrogen (secondary N) is 4. The molecule has 2 amide bonds. The van der Waals surface area contributed by atoms with Gasteiger partial charge in [-0.15, -0.1) is 0 Å². The lowest BCUT2D eigenvalue weighted by Crippen LogP contribution is -2.34. The number of fused-ring (bicyclic) bond motifs is 1. The monoisotopic (exact) mass is 636 g/mol. The van der Waals surface area contributed by atoms with Crippen LogP contribution in [-0.4, -0.2) is 95.1 Å². The lowest BCUT2D eigenvalue weighted by atomic mass is 10.2. The molecule has 46 heavy (non-hydrogen) atoms. The smallest absolute Gasteiger partial charge is 0.407 e. The Morgan fingerprint density at radius 1 is 0.891 bits per heavy atom. The van der Waals surface area contributed by atoms with Crippen molar-refractivity contribution in [3.63, 3.8) is 0 Å². The summed E-state index contributed by atoms with van der Waals surface area (Å²) in [5.41, 5.74) is 3.17. The molecule has 0 unspecified atom stereocenters. The van der Waals surface area contributed by atoms with Crippen molar-refractivity contribution in [2.45, 2.75) is 46.3 Å². The fraction of sp³-hybridized carbons (Fsp3) is 0.469. The molecule has 3 aromatic heterocycles. The van der Waals surface area contributed by atoms with E-state index in [-0.39, 0.29) is 5.91 Å². The molecule has 0 bridgehead atoms. The molecule has 0 radical (unpaired) electrons. The van der Waals surface area contributed by atoms with Crippen LogP contribution in [0.15, 0.2) is 48.9 Å². The van der Waals surface area contributed by atoms with E-state index in [1.165, 1.54) is 0 Å².